The van der Waals surface area contributed by atoms with Crippen molar-refractivity contribution in [2.45, 2.75) is 6.92 Å². The van der Waals surface area contributed by atoms with Gasteiger partial charge >= 0.3 is 16.1 Å². The van der Waals surface area contributed by atoms with Crippen LogP contribution in [0.3, 0.4) is 0 Å². The molecular formula is C9H9ClO5S. The fraction of sp³-hybridized carbons (Fsp3) is 0.222. The van der Waals surface area contributed by atoms with Crippen LogP contribution in [0.4, 0.5) is 0 Å². The van der Waals surface area contributed by atoms with Crippen molar-refractivity contribution in [2.24, 2.45) is 0 Å². The molecule has 0 aliphatic carbocycles. The second-order valence-electron chi connectivity index (χ2n) is 2.82. The first-order valence-electron chi connectivity index (χ1n) is 4.19. The van der Waals surface area contributed by atoms with Gasteiger partial charge in [0.1, 0.15) is 11.5 Å². The molecule has 0 aliphatic heterocycles. The minimum atomic E-state index is -3.79. The number of hydrogen-bond acceptors (Lipinski definition) is 5. The number of halogens is 1. The largest absolute Gasteiger partial charge is 0.427 e. The van der Waals surface area contributed by atoms with Gasteiger partial charge in [-0.1, -0.05) is 6.07 Å². The molecule has 0 spiro atoms. The summed E-state index contributed by atoms with van der Waals surface area (Å²) in [6, 6.07) is 5.70. The van der Waals surface area contributed by atoms with Gasteiger partial charge in [0.2, 0.25) is 0 Å². The molecule has 0 fully saturated rings. The molecular weight excluding hydrogens is 256 g/mol. The lowest BCUT2D eigenvalue weighted by Crippen LogP contribution is -2.10. The van der Waals surface area contributed by atoms with Crippen molar-refractivity contribution >= 4 is 27.7 Å². The van der Waals surface area contributed by atoms with Crippen molar-refractivity contribution in [2.75, 3.05) is 5.21 Å². The maximum Gasteiger partial charge on any atom is 0.323 e. The SMILES string of the molecule is CC(=O)Oc1cccc(OS(=O)(=O)CCl)c1. The minimum Gasteiger partial charge on any atom is -0.427 e. The number of hydrogen-bond donors (Lipinski definition) is 0. The zero-order chi connectivity index (χ0) is 12.2. The summed E-state index contributed by atoms with van der Waals surface area (Å²) in [6.07, 6.45) is 0. The summed E-state index contributed by atoms with van der Waals surface area (Å²) in [4.78, 5) is 10.7. The van der Waals surface area contributed by atoms with E-state index in [1.54, 1.807) is 0 Å². The van der Waals surface area contributed by atoms with Crippen LogP contribution in [0, 0.1) is 0 Å². The normalized spacial score (nSPS) is 10.9. The van der Waals surface area contributed by atoms with Crippen LogP contribution in [0.25, 0.3) is 0 Å². The Labute approximate surface area is 98.1 Å². The Hall–Kier alpha value is -1.27. The first-order chi connectivity index (χ1) is 7.43. The molecule has 0 N–H and O–H groups in total. The molecule has 0 bridgehead atoms. The fourth-order valence-electron chi connectivity index (χ4n) is 0.924. The van der Waals surface area contributed by atoms with E-state index in [0.29, 0.717) is 0 Å². The van der Waals surface area contributed by atoms with E-state index in [-0.39, 0.29) is 11.5 Å². The molecule has 1 aromatic rings. The maximum atomic E-state index is 11.0. The van der Waals surface area contributed by atoms with Gasteiger partial charge in [0.05, 0.1) is 0 Å². The summed E-state index contributed by atoms with van der Waals surface area (Å²) in [5.74, 6) is -0.258. The van der Waals surface area contributed by atoms with Crippen molar-refractivity contribution in [1.82, 2.24) is 0 Å². The van der Waals surface area contributed by atoms with Crippen LogP contribution in [0.5, 0.6) is 11.5 Å². The van der Waals surface area contributed by atoms with Gasteiger partial charge < -0.3 is 8.92 Å². The molecule has 0 aliphatic rings. The van der Waals surface area contributed by atoms with E-state index in [4.69, 9.17) is 16.3 Å². The van der Waals surface area contributed by atoms with Gasteiger partial charge in [0.25, 0.3) is 0 Å². The number of alkyl halides is 1. The van der Waals surface area contributed by atoms with Crippen molar-refractivity contribution in [1.29, 1.82) is 0 Å². The van der Waals surface area contributed by atoms with E-state index in [0.717, 1.165) is 0 Å². The third-order valence-corrected chi connectivity index (χ3v) is 2.94. The fourth-order valence-corrected chi connectivity index (χ4v) is 1.50. The van der Waals surface area contributed by atoms with Gasteiger partial charge in [0, 0.05) is 13.0 Å². The Morgan fingerprint density at radius 2 is 2.00 bits per heavy atom. The lowest BCUT2D eigenvalue weighted by atomic mass is 10.3. The summed E-state index contributed by atoms with van der Waals surface area (Å²) < 4.78 is 31.5. The van der Waals surface area contributed by atoms with E-state index in [2.05, 4.69) is 4.18 Å². The Kier molecular flexibility index (Phi) is 4.14. The van der Waals surface area contributed by atoms with Crippen LogP contribution in [-0.2, 0) is 14.9 Å². The summed E-state index contributed by atoms with van der Waals surface area (Å²) in [5, 5.41) is -0.648. The summed E-state index contributed by atoms with van der Waals surface area (Å²) >= 11 is 5.17. The Morgan fingerprint density at radius 1 is 1.38 bits per heavy atom. The number of rotatable bonds is 4. The Bertz CT molecular complexity index is 482. The van der Waals surface area contributed by atoms with Crippen LogP contribution >= 0.6 is 11.6 Å². The number of carbonyl (C=O) groups excluding carboxylic acids is 1. The molecule has 0 radical (unpaired) electrons. The van der Waals surface area contributed by atoms with Gasteiger partial charge in [-0.3, -0.25) is 4.79 Å². The summed E-state index contributed by atoms with van der Waals surface area (Å²) in [7, 11) is -3.79. The van der Waals surface area contributed by atoms with Crippen LogP contribution in [0.15, 0.2) is 24.3 Å². The number of esters is 1. The molecule has 1 aromatic carbocycles. The molecule has 0 heterocycles. The second-order valence-corrected chi connectivity index (χ2v) is 4.97. The Balaban J connectivity index is 2.87. The average molecular weight is 265 g/mol. The predicted molar refractivity (Wildman–Crippen MR) is 58.0 cm³/mol. The molecule has 5 nitrogen and oxygen atoms in total. The molecule has 0 amide bonds. The Morgan fingerprint density at radius 3 is 2.56 bits per heavy atom. The monoisotopic (exact) mass is 264 g/mol. The van der Waals surface area contributed by atoms with Crippen LogP contribution < -0.4 is 8.92 Å². The van der Waals surface area contributed by atoms with Crippen molar-refractivity contribution in [3.8, 4) is 11.5 Å². The lowest BCUT2D eigenvalue weighted by Gasteiger charge is -2.05. The maximum absolute atomic E-state index is 11.0. The van der Waals surface area contributed by atoms with E-state index < -0.39 is 21.3 Å². The quantitative estimate of drug-likeness (QED) is 0.357. The highest BCUT2D eigenvalue weighted by Crippen LogP contribution is 2.21. The summed E-state index contributed by atoms with van der Waals surface area (Å²) in [6.45, 7) is 1.24. The molecule has 0 atom stereocenters. The first-order valence-corrected chi connectivity index (χ1v) is 6.31. The molecule has 16 heavy (non-hydrogen) atoms. The van der Waals surface area contributed by atoms with Gasteiger partial charge in [-0.2, -0.15) is 8.42 Å². The average Bonchev–Trinajstić information content (AvgIpc) is 2.16. The van der Waals surface area contributed by atoms with E-state index in [1.165, 1.54) is 31.2 Å². The number of carbonyl (C=O) groups is 1. The molecule has 1 rings (SSSR count). The van der Waals surface area contributed by atoms with Crippen LogP contribution in [0.2, 0.25) is 0 Å². The molecule has 0 aromatic heterocycles. The minimum absolute atomic E-state index is 0.0411. The smallest absolute Gasteiger partial charge is 0.323 e. The van der Waals surface area contributed by atoms with Gasteiger partial charge in [0.15, 0.2) is 5.21 Å². The van der Waals surface area contributed by atoms with Gasteiger partial charge in [-0.25, -0.2) is 0 Å². The number of ether oxygens (including phenoxy) is 1. The van der Waals surface area contributed by atoms with Crippen molar-refractivity contribution in [3.63, 3.8) is 0 Å². The molecule has 0 saturated carbocycles. The van der Waals surface area contributed by atoms with Gasteiger partial charge in [-0.15, -0.1) is 11.6 Å². The topological polar surface area (TPSA) is 69.7 Å². The predicted octanol–water partition coefficient (Wildman–Crippen LogP) is 1.52. The zero-order valence-electron chi connectivity index (χ0n) is 8.34. The standard InChI is InChI=1S/C9H9ClO5S/c1-7(11)14-8-3-2-4-9(5-8)15-16(12,13)6-10/h2-5H,6H2,1H3. The molecule has 0 saturated heterocycles. The highest BCUT2D eigenvalue weighted by atomic mass is 35.5. The molecule has 0 unspecified atom stereocenters. The third-order valence-electron chi connectivity index (χ3n) is 1.42. The second kappa shape index (κ2) is 5.18. The van der Waals surface area contributed by atoms with Gasteiger partial charge in [-0.05, 0) is 12.1 Å². The highest BCUT2D eigenvalue weighted by Gasteiger charge is 2.11. The molecule has 88 valence electrons. The summed E-state index contributed by atoms with van der Waals surface area (Å²) in [5.41, 5.74) is 0. The zero-order valence-corrected chi connectivity index (χ0v) is 9.92. The van der Waals surface area contributed by atoms with E-state index in [1.807, 2.05) is 0 Å². The first kappa shape index (κ1) is 12.8. The van der Waals surface area contributed by atoms with E-state index in [9.17, 15) is 13.2 Å². The number of benzene rings is 1. The van der Waals surface area contributed by atoms with Crippen LogP contribution in [0.1, 0.15) is 6.92 Å². The third kappa shape index (κ3) is 4.08. The molecule has 7 heteroatoms. The van der Waals surface area contributed by atoms with Crippen LogP contribution in [-0.4, -0.2) is 19.6 Å². The highest BCUT2D eigenvalue weighted by molar-refractivity contribution is 7.88. The van der Waals surface area contributed by atoms with Crippen molar-refractivity contribution < 1.29 is 22.1 Å². The lowest BCUT2D eigenvalue weighted by molar-refractivity contribution is -0.131. The van der Waals surface area contributed by atoms with Crippen molar-refractivity contribution in [3.05, 3.63) is 24.3 Å². The van der Waals surface area contributed by atoms with E-state index >= 15 is 0 Å².